The van der Waals surface area contributed by atoms with Gasteiger partial charge in [-0.25, -0.2) is 4.39 Å². The lowest BCUT2D eigenvalue weighted by Crippen LogP contribution is -1.74. The van der Waals surface area contributed by atoms with Crippen LogP contribution in [0.4, 0.5) is 4.39 Å². The van der Waals surface area contributed by atoms with E-state index in [1.807, 2.05) is 0 Å². The van der Waals surface area contributed by atoms with Gasteiger partial charge in [0.2, 0.25) is 0 Å². The van der Waals surface area contributed by atoms with Crippen molar-refractivity contribution >= 4 is 6.21 Å². The topological polar surface area (TPSA) is 38.4 Å². The number of aliphatic imine (C=N–C) groups is 1. The van der Waals surface area contributed by atoms with Crippen LogP contribution < -0.4 is 5.73 Å². The van der Waals surface area contributed by atoms with E-state index >= 15 is 0 Å². The van der Waals surface area contributed by atoms with Crippen LogP contribution in [0.15, 0.2) is 29.8 Å². The quantitative estimate of drug-likeness (QED) is 0.534. The van der Waals surface area contributed by atoms with E-state index in [1.165, 1.54) is 18.5 Å². The Morgan fingerprint density at radius 1 is 1.50 bits per heavy atom. The van der Waals surface area contributed by atoms with Gasteiger partial charge in [-0.1, -0.05) is 0 Å². The number of nitrogens with zero attached hydrogens (tertiary/aromatic N) is 1. The van der Waals surface area contributed by atoms with E-state index in [-0.39, 0.29) is 0 Å². The third-order valence-electron chi connectivity index (χ3n) is 0.426. The third kappa shape index (κ3) is 4.88. The summed E-state index contributed by atoms with van der Waals surface area (Å²) in [5.41, 5.74) is 4.92. The third-order valence-corrected chi connectivity index (χ3v) is 0.426. The maximum absolute atomic E-state index is 11.1. The number of rotatable bonds is 2. The first-order chi connectivity index (χ1) is 3.91. The number of nitrogens with two attached hydrogens (primary N) is 1. The van der Waals surface area contributed by atoms with Gasteiger partial charge in [0.05, 0.1) is 6.20 Å². The summed E-state index contributed by atoms with van der Waals surface area (Å²) in [5.74, 6) is 0. The van der Waals surface area contributed by atoms with Gasteiger partial charge in [-0.15, -0.1) is 0 Å². The van der Waals surface area contributed by atoms with Crippen LogP contribution in [-0.2, 0) is 0 Å². The summed E-state index contributed by atoms with van der Waals surface area (Å²) in [5, 5.41) is 0. The molecule has 3 heteroatoms. The maximum atomic E-state index is 11.1. The average molecular weight is 114 g/mol. The Labute approximate surface area is 47.2 Å². The Morgan fingerprint density at radius 2 is 2.25 bits per heavy atom. The standard InChI is InChI=1S/C5H7FN2/c6-2-5-8-4-1-3-7/h1-5H,7H2/b3-1-,5-2+,8-4-. The number of hydrogen-bond donors (Lipinski definition) is 1. The van der Waals surface area contributed by atoms with Crippen LogP contribution in [0.5, 0.6) is 0 Å². The van der Waals surface area contributed by atoms with Crippen molar-refractivity contribution in [2.24, 2.45) is 10.7 Å². The first-order valence-corrected chi connectivity index (χ1v) is 2.07. The molecule has 8 heavy (non-hydrogen) atoms. The van der Waals surface area contributed by atoms with E-state index in [0.29, 0.717) is 6.33 Å². The Kier molecular flexibility index (Phi) is 5.06. The lowest BCUT2D eigenvalue weighted by atomic mass is 10.7. The molecule has 0 radical (unpaired) electrons. The maximum Gasteiger partial charge on any atom is 0.105 e. The second kappa shape index (κ2) is 5.88. The van der Waals surface area contributed by atoms with Crippen molar-refractivity contribution in [2.75, 3.05) is 0 Å². The number of hydrogen-bond acceptors (Lipinski definition) is 2. The minimum atomic E-state index is 0.348. The largest absolute Gasteiger partial charge is 0.405 e. The van der Waals surface area contributed by atoms with Crippen LogP contribution in [0.2, 0.25) is 0 Å². The van der Waals surface area contributed by atoms with Crippen molar-refractivity contribution in [3.63, 3.8) is 0 Å². The van der Waals surface area contributed by atoms with Gasteiger partial charge >= 0.3 is 0 Å². The van der Waals surface area contributed by atoms with Crippen LogP contribution in [0.25, 0.3) is 0 Å². The smallest absolute Gasteiger partial charge is 0.105 e. The van der Waals surface area contributed by atoms with E-state index in [2.05, 4.69) is 4.99 Å². The molecule has 2 N–H and O–H groups in total. The molecule has 0 spiro atoms. The highest BCUT2D eigenvalue weighted by atomic mass is 19.1. The zero-order valence-corrected chi connectivity index (χ0v) is 4.29. The Balaban J connectivity index is 3.35. The lowest BCUT2D eigenvalue weighted by Gasteiger charge is -1.68. The summed E-state index contributed by atoms with van der Waals surface area (Å²) in [7, 11) is 0. The highest BCUT2D eigenvalue weighted by molar-refractivity contribution is 5.71. The van der Waals surface area contributed by atoms with Crippen molar-refractivity contribution in [2.45, 2.75) is 0 Å². The van der Waals surface area contributed by atoms with Crippen LogP contribution in [0.1, 0.15) is 0 Å². The molecule has 0 aromatic rings. The van der Waals surface area contributed by atoms with E-state index in [0.717, 1.165) is 6.20 Å². The summed E-state index contributed by atoms with van der Waals surface area (Å²) in [4.78, 5) is 3.43. The zero-order valence-electron chi connectivity index (χ0n) is 4.29. The molecule has 0 saturated carbocycles. The van der Waals surface area contributed by atoms with Gasteiger partial charge in [-0.3, -0.25) is 4.99 Å². The molecule has 0 aromatic heterocycles. The van der Waals surface area contributed by atoms with E-state index in [1.54, 1.807) is 0 Å². The van der Waals surface area contributed by atoms with Crippen LogP contribution in [-0.4, -0.2) is 6.21 Å². The first-order valence-electron chi connectivity index (χ1n) is 2.07. The van der Waals surface area contributed by atoms with Crippen molar-refractivity contribution in [3.05, 3.63) is 24.8 Å². The van der Waals surface area contributed by atoms with Crippen LogP contribution >= 0.6 is 0 Å². The Hall–Kier alpha value is -1.12. The molecule has 0 aliphatic carbocycles. The molecular weight excluding hydrogens is 107 g/mol. The average Bonchev–Trinajstić information content (AvgIpc) is 1.81. The molecule has 0 aliphatic heterocycles. The molecule has 0 fully saturated rings. The van der Waals surface area contributed by atoms with Gasteiger partial charge in [0.1, 0.15) is 6.33 Å². The molecule has 0 rings (SSSR count). The van der Waals surface area contributed by atoms with Gasteiger partial charge in [-0.05, 0) is 12.3 Å². The normalized spacial score (nSPS) is 12.6. The number of allylic oxidation sites excluding steroid dienone is 1. The van der Waals surface area contributed by atoms with Crippen LogP contribution in [0, 0.1) is 0 Å². The molecule has 0 unspecified atom stereocenters. The van der Waals surface area contributed by atoms with Gasteiger partial charge in [0, 0.05) is 6.21 Å². The predicted octanol–water partition coefficient (Wildman–Crippen LogP) is 0.970. The molecule has 44 valence electrons. The molecule has 0 aromatic carbocycles. The zero-order chi connectivity index (χ0) is 6.24. The van der Waals surface area contributed by atoms with Crippen molar-refractivity contribution in [1.82, 2.24) is 0 Å². The van der Waals surface area contributed by atoms with Gasteiger partial charge < -0.3 is 5.73 Å². The fourth-order valence-corrected chi connectivity index (χ4v) is 0.182. The van der Waals surface area contributed by atoms with E-state index in [9.17, 15) is 4.39 Å². The van der Waals surface area contributed by atoms with Gasteiger partial charge in [0.25, 0.3) is 0 Å². The van der Waals surface area contributed by atoms with Gasteiger partial charge in [0.15, 0.2) is 0 Å². The molecular formula is C5H7FN2. The van der Waals surface area contributed by atoms with E-state index < -0.39 is 0 Å². The summed E-state index contributed by atoms with van der Waals surface area (Å²) in [6, 6.07) is 0. The molecule has 0 atom stereocenters. The van der Waals surface area contributed by atoms with Gasteiger partial charge in [-0.2, -0.15) is 0 Å². The molecule has 0 bridgehead atoms. The summed E-state index contributed by atoms with van der Waals surface area (Å²) >= 11 is 0. The summed E-state index contributed by atoms with van der Waals surface area (Å²) in [6.45, 7) is 0. The second-order valence-corrected chi connectivity index (χ2v) is 0.958. The Morgan fingerprint density at radius 3 is 2.75 bits per heavy atom. The highest BCUT2D eigenvalue weighted by Crippen LogP contribution is 1.72. The Bertz CT molecular complexity index is 102. The van der Waals surface area contributed by atoms with Crippen molar-refractivity contribution < 1.29 is 4.39 Å². The molecule has 0 heterocycles. The lowest BCUT2D eigenvalue weighted by molar-refractivity contribution is 0.718. The summed E-state index contributed by atoms with van der Waals surface area (Å²) < 4.78 is 11.1. The van der Waals surface area contributed by atoms with E-state index in [4.69, 9.17) is 5.73 Å². The SMILES string of the molecule is N\C=C/C=N\C=C\F. The van der Waals surface area contributed by atoms with Crippen LogP contribution in [0.3, 0.4) is 0 Å². The van der Waals surface area contributed by atoms with Crippen molar-refractivity contribution in [1.29, 1.82) is 0 Å². The molecule has 0 amide bonds. The molecule has 0 saturated heterocycles. The fourth-order valence-electron chi connectivity index (χ4n) is 0.182. The minimum absolute atomic E-state index is 0.348. The monoisotopic (exact) mass is 114 g/mol. The predicted molar refractivity (Wildman–Crippen MR) is 32.1 cm³/mol. The second-order valence-electron chi connectivity index (χ2n) is 0.958. The molecule has 2 nitrogen and oxygen atoms in total. The minimum Gasteiger partial charge on any atom is -0.405 e. The first kappa shape index (κ1) is 6.88. The molecule has 0 aliphatic rings. The highest BCUT2D eigenvalue weighted by Gasteiger charge is 1.57. The van der Waals surface area contributed by atoms with Crippen molar-refractivity contribution in [3.8, 4) is 0 Å². The fraction of sp³-hybridized carbons (Fsp3) is 0. The number of halogens is 1. The summed E-state index contributed by atoms with van der Waals surface area (Å²) in [6.07, 6.45) is 5.58.